The Labute approximate surface area is 157 Å². The number of carbonyl (C=O) groups is 2. The lowest BCUT2D eigenvalue weighted by atomic mass is 9.92. The number of amides is 1. The van der Waals surface area contributed by atoms with Gasteiger partial charge >= 0.3 is 12.1 Å². The van der Waals surface area contributed by atoms with E-state index in [0.717, 1.165) is 0 Å². The fourth-order valence-electron chi connectivity index (χ4n) is 2.96. The van der Waals surface area contributed by atoms with E-state index in [1.807, 2.05) is 0 Å². The van der Waals surface area contributed by atoms with Crippen molar-refractivity contribution in [3.8, 4) is 0 Å². The number of hydrogen-bond donors (Lipinski definition) is 1. The number of ether oxygens (including phenoxy) is 2. The third kappa shape index (κ3) is 5.32. The predicted octanol–water partition coefficient (Wildman–Crippen LogP) is 2.81. The second-order valence-electron chi connectivity index (χ2n) is 7.37. The molecule has 1 amide bonds. The standard InChI is InChI=1S/C18H25N3O6/c1-18(2,3)27-17(23)20-10-9-13(12(11-20)16(22)26-4)19-14-7-5-6-8-15(14)21(24)25/h5-8,12-13,19H,9-11H2,1-4H3/t12-,13+/m0/s1. The maximum atomic E-state index is 12.3. The molecule has 2 atom stereocenters. The predicted molar refractivity (Wildman–Crippen MR) is 98.4 cm³/mol. The molecule has 27 heavy (non-hydrogen) atoms. The van der Waals surface area contributed by atoms with Gasteiger partial charge in [0.1, 0.15) is 11.3 Å². The molecule has 1 aliphatic rings. The van der Waals surface area contributed by atoms with Crippen LogP contribution in [0.2, 0.25) is 0 Å². The minimum absolute atomic E-state index is 0.0734. The molecule has 9 nitrogen and oxygen atoms in total. The summed E-state index contributed by atoms with van der Waals surface area (Å²) in [7, 11) is 1.27. The lowest BCUT2D eigenvalue weighted by Gasteiger charge is -2.38. The van der Waals surface area contributed by atoms with Crippen molar-refractivity contribution in [3.05, 3.63) is 34.4 Å². The van der Waals surface area contributed by atoms with Crippen LogP contribution in [0.15, 0.2) is 24.3 Å². The Hall–Kier alpha value is -2.84. The topological polar surface area (TPSA) is 111 Å². The first kappa shape index (κ1) is 20.5. The van der Waals surface area contributed by atoms with Crippen LogP contribution in [0.5, 0.6) is 0 Å². The number of rotatable bonds is 4. The Morgan fingerprint density at radius 1 is 1.30 bits per heavy atom. The van der Waals surface area contributed by atoms with Crippen molar-refractivity contribution < 1.29 is 24.0 Å². The zero-order chi connectivity index (χ0) is 20.2. The quantitative estimate of drug-likeness (QED) is 0.486. The summed E-state index contributed by atoms with van der Waals surface area (Å²) in [6, 6.07) is 5.83. The largest absolute Gasteiger partial charge is 0.469 e. The molecule has 1 fully saturated rings. The van der Waals surface area contributed by atoms with Gasteiger partial charge in [0.2, 0.25) is 0 Å². The summed E-state index contributed by atoms with van der Waals surface area (Å²) in [6.45, 7) is 5.78. The minimum atomic E-state index is -0.670. The molecule has 0 spiro atoms. The van der Waals surface area contributed by atoms with Crippen molar-refractivity contribution in [2.45, 2.75) is 38.8 Å². The number of esters is 1. The molecule has 0 bridgehead atoms. The van der Waals surface area contributed by atoms with E-state index in [0.29, 0.717) is 18.7 Å². The summed E-state index contributed by atoms with van der Waals surface area (Å²) < 4.78 is 10.2. The number of anilines is 1. The summed E-state index contributed by atoms with van der Waals surface area (Å²) in [4.78, 5) is 36.8. The van der Waals surface area contributed by atoms with Gasteiger partial charge in [0.25, 0.3) is 5.69 Å². The van der Waals surface area contributed by atoms with Crippen LogP contribution in [0.25, 0.3) is 0 Å². The lowest BCUT2D eigenvalue weighted by molar-refractivity contribution is -0.384. The second kappa shape index (κ2) is 8.24. The molecule has 1 N–H and O–H groups in total. The number of para-hydroxylation sites is 2. The van der Waals surface area contributed by atoms with Gasteiger partial charge in [-0.15, -0.1) is 0 Å². The highest BCUT2D eigenvalue weighted by Crippen LogP contribution is 2.29. The number of nitro benzene ring substituents is 1. The van der Waals surface area contributed by atoms with E-state index in [4.69, 9.17) is 9.47 Å². The molecule has 1 heterocycles. The van der Waals surface area contributed by atoms with E-state index in [1.54, 1.807) is 39.0 Å². The van der Waals surface area contributed by atoms with E-state index in [2.05, 4.69) is 5.32 Å². The van der Waals surface area contributed by atoms with E-state index < -0.39 is 34.5 Å². The Balaban J connectivity index is 2.17. The molecule has 0 radical (unpaired) electrons. The molecule has 0 aliphatic carbocycles. The van der Waals surface area contributed by atoms with Crippen LogP contribution in [-0.4, -0.2) is 53.7 Å². The third-order valence-electron chi connectivity index (χ3n) is 4.21. The van der Waals surface area contributed by atoms with Crippen molar-refractivity contribution >= 4 is 23.4 Å². The van der Waals surface area contributed by atoms with Crippen LogP contribution in [0.4, 0.5) is 16.2 Å². The average molecular weight is 379 g/mol. The number of nitrogens with zero attached hydrogens (tertiary/aromatic N) is 2. The molecule has 0 saturated carbocycles. The van der Waals surface area contributed by atoms with E-state index in [1.165, 1.54) is 18.1 Å². The summed E-state index contributed by atoms with van der Waals surface area (Å²) in [5.41, 5.74) is -0.389. The Kier molecular flexibility index (Phi) is 6.24. The van der Waals surface area contributed by atoms with Gasteiger partial charge in [0.15, 0.2) is 0 Å². The van der Waals surface area contributed by atoms with Crippen molar-refractivity contribution in [1.82, 2.24) is 4.90 Å². The number of carbonyl (C=O) groups excluding carboxylic acids is 2. The molecule has 9 heteroatoms. The van der Waals surface area contributed by atoms with Crippen molar-refractivity contribution in [1.29, 1.82) is 0 Å². The number of likely N-dealkylation sites (tertiary alicyclic amines) is 1. The average Bonchev–Trinajstić information content (AvgIpc) is 2.60. The SMILES string of the molecule is COC(=O)[C@H]1CN(C(=O)OC(C)(C)C)CC[C@H]1Nc1ccccc1[N+](=O)[O-]. The fourth-order valence-corrected chi connectivity index (χ4v) is 2.96. The Bertz CT molecular complexity index is 715. The number of piperidine rings is 1. The molecule has 0 unspecified atom stereocenters. The molecule has 148 valence electrons. The number of nitrogens with one attached hydrogen (secondary N) is 1. The van der Waals surface area contributed by atoms with Crippen LogP contribution < -0.4 is 5.32 Å². The van der Waals surface area contributed by atoms with Gasteiger partial charge in [0.05, 0.1) is 18.0 Å². The van der Waals surface area contributed by atoms with Crippen molar-refractivity contribution in [3.63, 3.8) is 0 Å². The number of methoxy groups -OCH3 is 1. The zero-order valence-corrected chi connectivity index (χ0v) is 15.9. The molecular weight excluding hydrogens is 354 g/mol. The molecule has 1 aliphatic heterocycles. The monoisotopic (exact) mass is 379 g/mol. The highest BCUT2D eigenvalue weighted by atomic mass is 16.6. The van der Waals surface area contributed by atoms with Crippen LogP contribution in [0.1, 0.15) is 27.2 Å². The van der Waals surface area contributed by atoms with E-state index in [9.17, 15) is 19.7 Å². The van der Waals surface area contributed by atoms with E-state index >= 15 is 0 Å². The highest BCUT2D eigenvalue weighted by molar-refractivity contribution is 5.77. The van der Waals surface area contributed by atoms with Gasteiger partial charge in [-0.1, -0.05) is 12.1 Å². The van der Waals surface area contributed by atoms with Gasteiger partial charge < -0.3 is 19.7 Å². The van der Waals surface area contributed by atoms with Gasteiger partial charge in [-0.3, -0.25) is 14.9 Å². The summed E-state index contributed by atoms with van der Waals surface area (Å²) >= 11 is 0. The summed E-state index contributed by atoms with van der Waals surface area (Å²) in [6.07, 6.45) is -0.0778. The maximum absolute atomic E-state index is 12.3. The minimum Gasteiger partial charge on any atom is -0.469 e. The van der Waals surface area contributed by atoms with E-state index in [-0.39, 0.29) is 12.2 Å². The molecule has 2 rings (SSSR count). The second-order valence-corrected chi connectivity index (χ2v) is 7.37. The summed E-state index contributed by atoms with van der Waals surface area (Å²) in [5, 5.41) is 14.3. The first-order valence-electron chi connectivity index (χ1n) is 8.68. The van der Waals surface area contributed by atoms with Crippen molar-refractivity contribution in [2.24, 2.45) is 5.92 Å². The number of benzene rings is 1. The lowest BCUT2D eigenvalue weighted by Crippen LogP contribution is -2.52. The normalized spacial score (nSPS) is 19.9. The highest BCUT2D eigenvalue weighted by Gasteiger charge is 2.38. The smallest absolute Gasteiger partial charge is 0.410 e. The number of hydrogen-bond acceptors (Lipinski definition) is 7. The van der Waals surface area contributed by atoms with Crippen LogP contribution in [-0.2, 0) is 14.3 Å². The zero-order valence-electron chi connectivity index (χ0n) is 15.9. The Morgan fingerprint density at radius 2 is 1.96 bits per heavy atom. The molecular formula is C18H25N3O6. The molecule has 1 aromatic carbocycles. The van der Waals surface area contributed by atoms with Gasteiger partial charge in [-0.2, -0.15) is 0 Å². The van der Waals surface area contributed by atoms with Crippen LogP contribution >= 0.6 is 0 Å². The van der Waals surface area contributed by atoms with Gasteiger partial charge in [0, 0.05) is 25.2 Å². The van der Waals surface area contributed by atoms with Gasteiger partial charge in [-0.25, -0.2) is 4.79 Å². The fraction of sp³-hybridized carbons (Fsp3) is 0.556. The van der Waals surface area contributed by atoms with Crippen molar-refractivity contribution in [2.75, 3.05) is 25.5 Å². The summed E-state index contributed by atoms with van der Waals surface area (Å²) in [5.74, 6) is -1.16. The number of nitro groups is 1. The maximum Gasteiger partial charge on any atom is 0.410 e. The molecule has 1 saturated heterocycles. The van der Waals surface area contributed by atoms with Crippen LogP contribution in [0, 0.1) is 16.0 Å². The Morgan fingerprint density at radius 3 is 2.56 bits per heavy atom. The van der Waals surface area contributed by atoms with Gasteiger partial charge in [-0.05, 0) is 33.3 Å². The molecule has 1 aromatic rings. The first-order chi connectivity index (χ1) is 12.6. The first-order valence-corrected chi connectivity index (χ1v) is 8.68. The van der Waals surface area contributed by atoms with Crippen LogP contribution in [0.3, 0.4) is 0 Å². The molecule has 0 aromatic heterocycles. The third-order valence-corrected chi connectivity index (χ3v) is 4.21.